The van der Waals surface area contributed by atoms with Gasteiger partial charge in [0.15, 0.2) is 0 Å². The molecule has 0 aliphatic carbocycles. The quantitative estimate of drug-likeness (QED) is 0.326. The molecule has 0 bridgehead atoms. The average molecular weight is 493 g/mol. The average Bonchev–Trinajstić information content (AvgIpc) is 3.40. The van der Waals surface area contributed by atoms with Gasteiger partial charge in [0.2, 0.25) is 23.6 Å². The number of hydrogen-bond donors (Lipinski definition) is 2. The van der Waals surface area contributed by atoms with E-state index in [1.54, 1.807) is 0 Å². The van der Waals surface area contributed by atoms with Crippen LogP contribution in [-0.4, -0.2) is 36.8 Å². The van der Waals surface area contributed by atoms with Crippen molar-refractivity contribution in [3.63, 3.8) is 0 Å². The number of nitrogens with one attached hydrogen (secondary N) is 2. The molecule has 8 heteroatoms. The predicted molar refractivity (Wildman–Crippen MR) is 133 cm³/mol. The lowest BCUT2D eigenvalue weighted by atomic mass is 9.98. The first kappa shape index (κ1) is 25.4. The molecule has 2 aliphatic rings. The highest BCUT2D eigenvalue weighted by Crippen LogP contribution is 2.27. The number of rotatable bonds is 13. The number of hydrogen-bond acceptors (Lipinski definition) is 6. The van der Waals surface area contributed by atoms with Crippen molar-refractivity contribution in [3.05, 3.63) is 59.7 Å². The first-order chi connectivity index (χ1) is 17.5. The molecule has 0 saturated carbocycles. The molecule has 2 saturated heterocycles. The smallest absolute Gasteiger partial charge is 0.234 e. The summed E-state index contributed by atoms with van der Waals surface area (Å²) in [6, 6.07) is 14.8. The lowest BCUT2D eigenvalue weighted by Gasteiger charge is -2.10. The molecule has 2 aromatic rings. The van der Waals surface area contributed by atoms with Gasteiger partial charge in [-0.1, -0.05) is 49.9 Å². The van der Waals surface area contributed by atoms with Gasteiger partial charge < -0.3 is 9.47 Å². The fourth-order valence-corrected chi connectivity index (χ4v) is 4.53. The van der Waals surface area contributed by atoms with Gasteiger partial charge in [0.05, 0.1) is 25.0 Å². The van der Waals surface area contributed by atoms with Crippen molar-refractivity contribution < 1.29 is 28.7 Å². The molecule has 2 N–H and O–H groups in total. The minimum atomic E-state index is -0.392. The van der Waals surface area contributed by atoms with E-state index >= 15 is 0 Å². The van der Waals surface area contributed by atoms with Crippen LogP contribution in [0.25, 0.3) is 0 Å². The van der Waals surface area contributed by atoms with E-state index in [2.05, 4.69) is 10.6 Å². The summed E-state index contributed by atoms with van der Waals surface area (Å²) in [6.07, 6.45) is 6.87. The number of carbonyl (C=O) groups excluding carboxylic acids is 4. The largest absolute Gasteiger partial charge is 0.494 e. The van der Waals surface area contributed by atoms with Crippen LogP contribution < -0.4 is 20.1 Å². The molecule has 0 spiro atoms. The Bertz CT molecular complexity index is 993. The standard InChI is InChI=1S/C28H32N2O6/c31-25-17-23(27(33)29-25)19-7-11-21(12-8-19)35-15-5-3-1-2-4-6-16-36-22-13-9-20(10-14-22)24-18-26(32)30-28(24)34/h7-14,23-24H,1-6,15-18H2,(H,29,31,33)(H,30,32,34)/t23-,24-/m1/s1. The summed E-state index contributed by atoms with van der Waals surface area (Å²) in [6.45, 7) is 1.30. The van der Waals surface area contributed by atoms with Crippen LogP contribution in [0.3, 0.4) is 0 Å². The molecular weight excluding hydrogens is 460 g/mol. The molecule has 0 radical (unpaired) electrons. The molecule has 2 aromatic carbocycles. The lowest BCUT2D eigenvalue weighted by Crippen LogP contribution is -2.21. The zero-order valence-electron chi connectivity index (χ0n) is 20.3. The van der Waals surface area contributed by atoms with Gasteiger partial charge in [0, 0.05) is 12.8 Å². The molecule has 2 fully saturated rings. The van der Waals surface area contributed by atoms with Gasteiger partial charge in [0.1, 0.15) is 11.5 Å². The van der Waals surface area contributed by atoms with E-state index in [1.165, 1.54) is 0 Å². The molecule has 0 unspecified atom stereocenters. The fourth-order valence-electron chi connectivity index (χ4n) is 4.53. The molecule has 0 aromatic heterocycles. The molecular formula is C28H32N2O6. The van der Waals surface area contributed by atoms with Crippen molar-refractivity contribution in [3.8, 4) is 11.5 Å². The van der Waals surface area contributed by atoms with E-state index in [1.807, 2.05) is 48.5 Å². The zero-order valence-corrected chi connectivity index (χ0v) is 20.3. The maximum Gasteiger partial charge on any atom is 0.234 e. The van der Waals surface area contributed by atoms with Crippen LogP contribution in [0.2, 0.25) is 0 Å². The van der Waals surface area contributed by atoms with Crippen molar-refractivity contribution in [2.24, 2.45) is 0 Å². The van der Waals surface area contributed by atoms with Crippen molar-refractivity contribution in [2.45, 2.75) is 63.2 Å². The topological polar surface area (TPSA) is 111 Å². The monoisotopic (exact) mass is 492 g/mol. The first-order valence-electron chi connectivity index (χ1n) is 12.6. The van der Waals surface area contributed by atoms with E-state index in [9.17, 15) is 19.2 Å². The van der Waals surface area contributed by atoms with Crippen LogP contribution in [0.5, 0.6) is 11.5 Å². The summed E-state index contributed by atoms with van der Waals surface area (Å²) in [5.41, 5.74) is 1.67. The Hall–Kier alpha value is -3.68. The van der Waals surface area contributed by atoms with Crippen LogP contribution in [0.4, 0.5) is 0 Å². The summed E-state index contributed by atoms with van der Waals surface area (Å²) < 4.78 is 11.6. The molecule has 8 nitrogen and oxygen atoms in total. The first-order valence-corrected chi connectivity index (χ1v) is 12.6. The number of benzene rings is 2. The lowest BCUT2D eigenvalue weighted by molar-refractivity contribution is -0.126. The van der Waals surface area contributed by atoms with Crippen LogP contribution in [-0.2, 0) is 19.2 Å². The molecule has 190 valence electrons. The van der Waals surface area contributed by atoms with Gasteiger partial charge in [-0.25, -0.2) is 0 Å². The molecule has 2 aliphatic heterocycles. The zero-order chi connectivity index (χ0) is 25.3. The third kappa shape index (κ3) is 6.93. The Labute approximate surface area is 210 Å². The second-order valence-electron chi connectivity index (χ2n) is 9.29. The van der Waals surface area contributed by atoms with Gasteiger partial charge in [0.25, 0.3) is 0 Å². The third-order valence-corrected chi connectivity index (χ3v) is 6.58. The van der Waals surface area contributed by atoms with Crippen LogP contribution in [0, 0.1) is 0 Å². The summed E-state index contributed by atoms with van der Waals surface area (Å²) >= 11 is 0. The van der Waals surface area contributed by atoms with Crippen molar-refractivity contribution in [2.75, 3.05) is 13.2 Å². The SMILES string of the molecule is O=C1C[C@H](c2ccc(OCCCCCCCCOc3ccc([C@H]4CC(=O)NC4=O)cc3)cc2)C(=O)N1. The van der Waals surface area contributed by atoms with E-state index < -0.39 is 11.8 Å². The summed E-state index contributed by atoms with van der Waals surface area (Å²) in [5, 5.41) is 4.67. The Morgan fingerprint density at radius 3 is 1.25 bits per heavy atom. The highest BCUT2D eigenvalue weighted by molar-refractivity contribution is 6.06. The molecule has 4 amide bonds. The van der Waals surface area contributed by atoms with Crippen LogP contribution in [0.15, 0.2) is 48.5 Å². The molecule has 2 heterocycles. The highest BCUT2D eigenvalue weighted by Gasteiger charge is 2.32. The Morgan fingerprint density at radius 2 is 0.917 bits per heavy atom. The Kier molecular flexibility index (Phi) is 8.71. The van der Waals surface area contributed by atoms with Gasteiger partial charge in [-0.05, 0) is 48.2 Å². The minimum absolute atomic E-state index is 0.212. The second kappa shape index (κ2) is 12.3. The van der Waals surface area contributed by atoms with Gasteiger partial charge in [-0.3, -0.25) is 29.8 Å². The number of imide groups is 2. The third-order valence-electron chi connectivity index (χ3n) is 6.58. The van der Waals surface area contributed by atoms with E-state index in [0.717, 1.165) is 61.2 Å². The Morgan fingerprint density at radius 1 is 0.556 bits per heavy atom. The second-order valence-corrected chi connectivity index (χ2v) is 9.29. The summed E-state index contributed by atoms with van der Waals surface area (Å²) in [7, 11) is 0. The Balaban J connectivity index is 1.02. The fraction of sp³-hybridized carbons (Fsp3) is 0.429. The molecule has 4 rings (SSSR count). The van der Waals surface area contributed by atoms with Crippen molar-refractivity contribution in [1.82, 2.24) is 10.6 Å². The summed E-state index contributed by atoms with van der Waals surface area (Å²) in [4.78, 5) is 46.2. The predicted octanol–water partition coefficient (Wildman–Crippen LogP) is 3.75. The molecule has 2 atom stereocenters. The number of unbranched alkanes of at least 4 members (excludes halogenated alkanes) is 5. The normalized spacial score (nSPS) is 19.3. The highest BCUT2D eigenvalue weighted by atomic mass is 16.5. The van der Waals surface area contributed by atoms with Crippen molar-refractivity contribution in [1.29, 1.82) is 0 Å². The van der Waals surface area contributed by atoms with Gasteiger partial charge in [-0.15, -0.1) is 0 Å². The number of amides is 4. The van der Waals surface area contributed by atoms with Crippen molar-refractivity contribution >= 4 is 23.6 Å². The van der Waals surface area contributed by atoms with E-state index in [0.29, 0.717) is 13.2 Å². The number of carbonyl (C=O) groups is 4. The van der Waals surface area contributed by atoms with E-state index in [4.69, 9.17) is 9.47 Å². The maximum atomic E-state index is 11.8. The van der Waals surface area contributed by atoms with E-state index in [-0.39, 0.29) is 36.5 Å². The van der Waals surface area contributed by atoms with Crippen LogP contribution in [0.1, 0.15) is 74.3 Å². The summed E-state index contributed by atoms with van der Waals surface area (Å²) in [5.74, 6) is -0.147. The molecule has 36 heavy (non-hydrogen) atoms. The minimum Gasteiger partial charge on any atom is -0.494 e. The van der Waals surface area contributed by atoms with Gasteiger partial charge >= 0.3 is 0 Å². The van der Waals surface area contributed by atoms with Crippen LogP contribution >= 0.6 is 0 Å². The number of ether oxygens (including phenoxy) is 2. The van der Waals surface area contributed by atoms with Gasteiger partial charge in [-0.2, -0.15) is 0 Å². The maximum absolute atomic E-state index is 11.8.